The Kier molecular flexibility index (Phi) is 4.45. The van der Waals surface area contributed by atoms with E-state index < -0.39 is 0 Å². The first-order valence-corrected chi connectivity index (χ1v) is 7.71. The van der Waals surface area contributed by atoms with Crippen LogP contribution >= 0.6 is 11.3 Å². The molecular formula is C16H23N3S. The fourth-order valence-electron chi connectivity index (χ4n) is 2.35. The van der Waals surface area contributed by atoms with E-state index >= 15 is 0 Å². The Bertz CT molecular complexity index is 604. The van der Waals surface area contributed by atoms with E-state index in [9.17, 15) is 0 Å². The zero-order chi connectivity index (χ0) is 14.9. The van der Waals surface area contributed by atoms with Gasteiger partial charge >= 0.3 is 0 Å². The largest absolute Gasteiger partial charge is 0.321 e. The van der Waals surface area contributed by atoms with Gasteiger partial charge in [0.2, 0.25) is 0 Å². The number of aryl methyl sites for hydroxylation is 3. The Morgan fingerprint density at radius 3 is 2.55 bits per heavy atom. The second kappa shape index (κ2) is 5.94. The third kappa shape index (κ3) is 2.86. The maximum absolute atomic E-state index is 4.72. The van der Waals surface area contributed by atoms with Gasteiger partial charge in [0.1, 0.15) is 0 Å². The van der Waals surface area contributed by atoms with Gasteiger partial charge in [-0.05, 0) is 46.4 Å². The third-order valence-electron chi connectivity index (χ3n) is 3.65. The molecule has 0 saturated heterocycles. The predicted molar refractivity (Wildman–Crippen MR) is 88.3 cm³/mol. The van der Waals surface area contributed by atoms with Gasteiger partial charge in [0.05, 0.1) is 5.69 Å². The van der Waals surface area contributed by atoms with Crippen LogP contribution in [0.25, 0.3) is 0 Å². The number of nitrogens with zero attached hydrogens (tertiary/aromatic N) is 2. The van der Waals surface area contributed by atoms with E-state index in [0.29, 0.717) is 6.04 Å². The minimum absolute atomic E-state index is 0.341. The fraction of sp³-hybridized carbons (Fsp3) is 0.438. The topological polar surface area (TPSA) is 28.2 Å². The van der Waals surface area contributed by atoms with Crippen molar-refractivity contribution in [1.29, 1.82) is 0 Å². The van der Waals surface area contributed by atoms with Crippen molar-refractivity contribution in [2.24, 2.45) is 0 Å². The summed E-state index contributed by atoms with van der Waals surface area (Å²) in [5.41, 5.74) is 4.90. The molecule has 1 atom stereocenters. The van der Waals surface area contributed by atoms with Crippen molar-refractivity contribution in [2.45, 2.75) is 33.7 Å². The summed E-state index contributed by atoms with van der Waals surface area (Å²) < 4.78 is 0. The number of hydrogen-bond acceptors (Lipinski definition) is 4. The molecule has 1 aromatic heterocycles. The Labute approximate surface area is 125 Å². The van der Waals surface area contributed by atoms with Gasteiger partial charge < -0.3 is 10.2 Å². The first-order chi connectivity index (χ1) is 9.43. The van der Waals surface area contributed by atoms with Gasteiger partial charge in [-0.25, -0.2) is 4.98 Å². The molecule has 4 heteroatoms. The van der Waals surface area contributed by atoms with Crippen molar-refractivity contribution in [1.82, 2.24) is 10.3 Å². The lowest BCUT2D eigenvalue weighted by atomic mass is 10.1. The van der Waals surface area contributed by atoms with Crippen LogP contribution in [0.3, 0.4) is 0 Å². The quantitative estimate of drug-likeness (QED) is 0.918. The van der Waals surface area contributed by atoms with Gasteiger partial charge in [0.25, 0.3) is 0 Å². The lowest BCUT2D eigenvalue weighted by molar-refractivity contribution is 0.658. The van der Waals surface area contributed by atoms with E-state index in [1.807, 2.05) is 7.05 Å². The summed E-state index contributed by atoms with van der Waals surface area (Å²) >= 11 is 1.76. The van der Waals surface area contributed by atoms with E-state index in [-0.39, 0.29) is 0 Å². The standard InChI is InChI=1S/C16H23N3S/c1-10-7-8-14(11(2)9-10)19(6)16-18-13(4)15(20-16)12(3)17-5/h7-9,12,17H,1-6H3. The second-order valence-corrected chi connectivity index (χ2v) is 6.31. The molecule has 0 fully saturated rings. The van der Waals surface area contributed by atoms with Crippen LogP contribution in [0.5, 0.6) is 0 Å². The molecule has 0 saturated carbocycles. The molecule has 2 rings (SSSR count). The molecule has 0 aliphatic heterocycles. The number of benzene rings is 1. The van der Waals surface area contributed by atoms with Gasteiger partial charge in [-0.1, -0.05) is 29.0 Å². The van der Waals surface area contributed by atoms with Crippen molar-refractivity contribution in [3.8, 4) is 0 Å². The van der Waals surface area contributed by atoms with Gasteiger partial charge in [0, 0.05) is 23.7 Å². The SMILES string of the molecule is CNC(C)c1sc(N(C)c2ccc(C)cc2C)nc1C. The summed E-state index contributed by atoms with van der Waals surface area (Å²) in [4.78, 5) is 8.21. The van der Waals surface area contributed by atoms with Crippen molar-refractivity contribution in [2.75, 3.05) is 19.0 Å². The number of hydrogen-bond donors (Lipinski definition) is 1. The molecule has 3 nitrogen and oxygen atoms in total. The summed E-state index contributed by atoms with van der Waals surface area (Å²) in [6.45, 7) is 8.52. The fourth-order valence-corrected chi connectivity index (χ4v) is 3.46. The van der Waals surface area contributed by atoms with Crippen LogP contribution in [0.2, 0.25) is 0 Å². The van der Waals surface area contributed by atoms with Gasteiger partial charge in [-0.3, -0.25) is 0 Å². The van der Waals surface area contributed by atoms with E-state index in [1.165, 1.54) is 21.7 Å². The average Bonchev–Trinajstić information content (AvgIpc) is 2.79. The summed E-state index contributed by atoms with van der Waals surface area (Å²) in [5, 5.41) is 4.33. The predicted octanol–water partition coefficient (Wildman–Crippen LogP) is 4.12. The Balaban J connectivity index is 2.36. The number of thiazole rings is 1. The highest BCUT2D eigenvalue weighted by Gasteiger charge is 2.16. The molecular weight excluding hydrogens is 266 g/mol. The van der Waals surface area contributed by atoms with Crippen molar-refractivity contribution < 1.29 is 0 Å². The molecule has 0 radical (unpaired) electrons. The monoisotopic (exact) mass is 289 g/mol. The van der Waals surface area contributed by atoms with Crippen LogP contribution in [0, 0.1) is 20.8 Å². The molecule has 108 valence electrons. The molecule has 1 aromatic carbocycles. The van der Waals surface area contributed by atoms with Crippen molar-refractivity contribution in [3.63, 3.8) is 0 Å². The summed E-state index contributed by atoms with van der Waals surface area (Å²) in [6.07, 6.45) is 0. The van der Waals surface area contributed by atoms with Crippen LogP contribution < -0.4 is 10.2 Å². The summed E-state index contributed by atoms with van der Waals surface area (Å²) in [6, 6.07) is 6.87. The number of rotatable bonds is 4. The molecule has 0 aliphatic rings. The summed E-state index contributed by atoms with van der Waals surface area (Å²) in [7, 11) is 4.07. The Morgan fingerprint density at radius 1 is 1.25 bits per heavy atom. The van der Waals surface area contributed by atoms with Gasteiger partial charge in [0.15, 0.2) is 5.13 Å². The average molecular weight is 289 g/mol. The second-order valence-electron chi connectivity index (χ2n) is 5.31. The molecule has 0 aliphatic carbocycles. The highest BCUT2D eigenvalue weighted by atomic mass is 32.1. The smallest absolute Gasteiger partial charge is 0.190 e. The molecule has 0 amide bonds. The summed E-state index contributed by atoms with van der Waals surface area (Å²) in [5.74, 6) is 0. The number of nitrogens with one attached hydrogen (secondary N) is 1. The number of aromatic nitrogens is 1. The van der Waals surface area contributed by atoms with Crippen LogP contribution in [0.4, 0.5) is 10.8 Å². The third-order valence-corrected chi connectivity index (χ3v) is 5.06. The lowest BCUT2D eigenvalue weighted by Crippen LogP contribution is -2.11. The molecule has 20 heavy (non-hydrogen) atoms. The maximum atomic E-state index is 4.72. The zero-order valence-electron chi connectivity index (χ0n) is 13.1. The van der Waals surface area contributed by atoms with Crippen molar-refractivity contribution in [3.05, 3.63) is 39.9 Å². The molecule has 2 aromatic rings. The molecule has 0 bridgehead atoms. The first-order valence-electron chi connectivity index (χ1n) is 6.89. The lowest BCUT2D eigenvalue weighted by Gasteiger charge is -2.18. The van der Waals surface area contributed by atoms with Crippen LogP contribution in [-0.2, 0) is 0 Å². The molecule has 1 heterocycles. The highest BCUT2D eigenvalue weighted by molar-refractivity contribution is 7.15. The first kappa shape index (κ1) is 15.0. The normalized spacial score (nSPS) is 12.5. The molecule has 1 unspecified atom stereocenters. The minimum Gasteiger partial charge on any atom is -0.321 e. The van der Waals surface area contributed by atoms with Gasteiger partial charge in [-0.15, -0.1) is 0 Å². The minimum atomic E-state index is 0.341. The Morgan fingerprint density at radius 2 is 1.95 bits per heavy atom. The van der Waals surface area contributed by atoms with Crippen LogP contribution in [0.1, 0.15) is 34.7 Å². The maximum Gasteiger partial charge on any atom is 0.190 e. The van der Waals surface area contributed by atoms with E-state index in [1.54, 1.807) is 11.3 Å². The van der Waals surface area contributed by atoms with E-state index in [0.717, 1.165) is 10.8 Å². The van der Waals surface area contributed by atoms with Crippen molar-refractivity contribution >= 4 is 22.2 Å². The van der Waals surface area contributed by atoms with E-state index in [2.05, 4.69) is 63.2 Å². The number of anilines is 2. The Hall–Kier alpha value is -1.39. The van der Waals surface area contributed by atoms with Crippen LogP contribution in [-0.4, -0.2) is 19.1 Å². The van der Waals surface area contributed by atoms with Gasteiger partial charge in [-0.2, -0.15) is 0 Å². The van der Waals surface area contributed by atoms with Crippen LogP contribution in [0.15, 0.2) is 18.2 Å². The molecule has 0 spiro atoms. The molecule has 1 N–H and O–H groups in total. The highest BCUT2D eigenvalue weighted by Crippen LogP contribution is 2.34. The zero-order valence-corrected chi connectivity index (χ0v) is 13.9. The van der Waals surface area contributed by atoms with E-state index in [4.69, 9.17) is 4.98 Å².